The highest BCUT2D eigenvalue weighted by molar-refractivity contribution is 6.15. The van der Waals surface area contributed by atoms with Crippen LogP contribution in [0.1, 0.15) is 37.8 Å². The van der Waals surface area contributed by atoms with Crippen molar-refractivity contribution in [3.8, 4) is 5.75 Å². The molecule has 3 nitrogen and oxygen atoms in total. The fourth-order valence-electron chi connectivity index (χ4n) is 3.45. The van der Waals surface area contributed by atoms with Crippen LogP contribution in [0, 0.1) is 0 Å². The van der Waals surface area contributed by atoms with Crippen molar-refractivity contribution in [2.75, 3.05) is 25.1 Å². The van der Waals surface area contributed by atoms with Gasteiger partial charge < -0.3 is 9.64 Å². The number of carbonyl (C=O) groups is 1. The fourth-order valence-corrected chi connectivity index (χ4v) is 3.45. The predicted octanol–water partition coefficient (Wildman–Crippen LogP) is 5.37. The van der Waals surface area contributed by atoms with Gasteiger partial charge in [0.1, 0.15) is 5.75 Å². The Morgan fingerprint density at radius 1 is 0.852 bits per heavy atom. The van der Waals surface area contributed by atoms with Gasteiger partial charge in [-0.1, -0.05) is 24.3 Å². The number of hydrogen-bond donors (Lipinski definition) is 0. The number of benzene rings is 2. The summed E-state index contributed by atoms with van der Waals surface area (Å²) in [6.45, 7) is 6.31. The first kappa shape index (κ1) is 19.0. The third kappa shape index (κ3) is 4.48. The molecule has 3 heteroatoms. The molecule has 0 radical (unpaired) electrons. The molecule has 0 aliphatic heterocycles. The van der Waals surface area contributed by atoms with Crippen LogP contribution in [0.25, 0.3) is 12.2 Å². The van der Waals surface area contributed by atoms with Crippen molar-refractivity contribution in [1.82, 2.24) is 0 Å². The molecule has 1 aliphatic rings. The molecular formula is C24H27NO2. The van der Waals surface area contributed by atoms with E-state index in [-0.39, 0.29) is 5.78 Å². The minimum Gasteiger partial charge on any atom is -0.497 e. The highest BCUT2D eigenvalue weighted by atomic mass is 16.5. The van der Waals surface area contributed by atoms with Crippen molar-refractivity contribution in [3.05, 3.63) is 70.8 Å². The Bertz CT molecular complexity index is 841. The summed E-state index contributed by atoms with van der Waals surface area (Å²) in [5, 5.41) is 0. The largest absolute Gasteiger partial charge is 0.497 e. The van der Waals surface area contributed by atoms with Gasteiger partial charge in [-0.15, -0.1) is 0 Å². The zero-order valence-corrected chi connectivity index (χ0v) is 16.4. The van der Waals surface area contributed by atoms with Crippen LogP contribution in [-0.4, -0.2) is 26.0 Å². The van der Waals surface area contributed by atoms with Gasteiger partial charge in [0.2, 0.25) is 0 Å². The van der Waals surface area contributed by atoms with Crippen molar-refractivity contribution in [2.45, 2.75) is 26.7 Å². The SMILES string of the molecule is CCN(CC)c1ccc(/C=C2/CC/C(=C/c3ccc(OC)cc3)C2=O)cc1. The minimum absolute atomic E-state index is 0.165. The zero-order chi connectivity index (χ0) is 19.2. The second kappa shape index (κ2) is 8.72. The monoisotopic (exact) mass is 361 g/mol. The average molecular weight is 361 g/mol. The maximum Gasteiger partial charge on any atom is 0.185 e. The zero-order valence-electron chi connectivity index (χ0n) is 16.4. The van der Waals surface area contributed by atoms with E-state index >= 15 is 0 Å². The molecule has 0 atom stereocenters. The van der Waals surface area contributed by atoms with E-state index in [1.54, 1.807) is 7.11 Å². The third-order valence-electron chi connectivity index (χ3n) is 5.07. The van der Waals surface area contributed by atoms with Crippen LogP contribution in [0.2, 0.25) is 0 Å². The number of ketones is 1. The summed E-state index contributed by atoms with van der Waals surface area (Å²) in [6.07, 6.45) is 5.63. The van der Waals surface area contributed by atoms with Gasteiger partial charge in [0.15, 0.2) is 5.78 Å². The van der Waals surface area contributed by atoms with E-state index in [4.69, 9.17) is 4.74 Å². The lowest BCUT2D eigenvalue weighted by Gasteiger charge is -2.20. The standard InChI is InChI=1S/C24H27NO2/c1-4-25(5-2)22-12-6-18(7-13-22)16-20-10-11-21(24(20)26)17-19-8-14-23(27-3)15-9-19/h6-9,12-17H,4-5,10-11H2,1-3H3/b20-16-,21-17-. The molecule has 1 fully saturated rings. The maximum atomic E-state index is 12.7. The second-order valence-electron chi connectivity index (χ2n) is 6.71. The summed E-state index contributed by atoms with van der Waals surface area (Å²) in [7, 11) is 1.65. The van der Waals surface area contributed by atoms with Crippen LogP contribution in [0.15, 0.2) is 59.7 Å². The molecule has 1 aliphatic carbocycles. The van der Waals surface area contributed by atoms with Gasteiger partial charge in [0, 0.05) is 29.9 Å². The van der Waals surface area contributed by atoms with Gasteiger partial charge in [-0.3, -0.25) is 4.79 Å². The number of methoxy groups -OCH3 is 1. The third-order valence-corrected chi connectivity index (χ3v) is 5.07. The lowest BCUT2D eigenvalue weighted by atomic mass is 10.1. The summed E-state index contributed by atoms with van der Waals surface area (Å²) < 4.78 is 5.18. The molecule has 0 aromatic heterocycles. The van der Waals surface area contributed by atoms with E-state index in [0.29, 0.717) is 0 Å². The Kier molecular flexibility index (Phi) is 6.12. The molecule has 0 N–H and O–H groups in total. The number of hydrogen-bond acceptors (Lipinski definition) is 3. The number of Topliss-reactive ketones (excluding diaryl/α,β-unsaturated/α-hetero) is 1. The molecule has 0 spiro atoms. The lowest BCUT2D eigenvalue weighted by molar-refractivity contribution is -0.111. The van der Waals surface area contributed by atoms with E-state index in [1.165, 1.54) is 5.69 Å². The number of anilines is 1. The topological polar surface area (TPSA) is 29.5 Å². The molecule has 2 aromatic rings. The van der Waals surface area contributed by atoms with Crippen LogP contribution in [0.5, 0.6) is 5.75 Å². The summed E-state index contributed by atoms with van der Waals surface area (Å²) in [5.74, 6) is 0.988. The molecule has 1 saturated carbocycles. The molecule has 2 aromatic carbocycles. The number of allylic oxidation sites excluding steroid dienone is 2. The number of rotatable bonds is 6. The molecule has 0 bridgehead atoms. The quantitative estimate of drug-likeness (QED) is 0.648. The number of carbonyl (C=O) groups excluding carboxylic acids is 1. The highest BCUT2D eigenvalue weighted by Crippen LogP contribution is 2.30. The smallest absolute Gasteiger partial charge is 0.185 e. The minimum atomic E-state index is 0.165. The molecule has 0 unspecified atom stereocenters. The Balaban J connectivity index is 1.74. The first-order valence-corrected chi connectivity index (χ1v) is 9.59. The van der Waals surface area contributed by atoms with Crippen molar-refractivity contribution in [1.29, 1.82) is 0 Å². The van der Waals surface area contributed by atoms with Gasteiger partial charge in [0.05, 0.1) is 7.11 Å². The van der Waals surface area contributed by atoms with Crippen molar-refractivity contribution in [3.63, 3.8) is 0 Å². The van der Waals surface area contributed by atoms with Crippen molar-refractivity contribution < 1.29 is 9.53 Å². The van der Waals surface area contributed by atoms with E-state index in [2.05, 4.69) is 43.0 Å². The molecular weight excluding hydrogens is 334 g/mol. The van der Waals surface area contributed by atoms with Crippen molar-refractivity contribution in [2.24, 2.45) is 0 Å². The Hall–Kier alpha value is -2.81. The predicted molar refractivity (Wildman–Crippen MR) is 113 cm³/mol. The summed E-state index contributed by atoms with van der Waals surface area (Å²) in [5.41, 5.74) is 5.11. The van der Waals surface area contributed by atoms with Gasteiger partial charge in [-0.25, -0.2) is 0 Å². The van der Waals surface area contributed by atoms with Crippen LogP contribution in [0.4, 0.5) is 5.69 Å². The molecule has 3 rings (SSSR count). The molecule has 0 saturated heterocycles. The van der Waals surface area contributed by atoms with Crippen LogP contribution < -0.4 is 9.64 Å². The van der Waals surface area contributed by atoms with Crippen LogP contribution >= 0.6 is 0 Å². The van der Waals surface area contributed by atoms with Crippen LogP contribution in [0.3, 0.4) is 0 Å². The average Bonchev–Trinajstić information content (AvgIpc) is 3.04. The molecule has 140 valence electrons. The maximum absolute atomic E-state index is 12.7. The Morgan fingerprint density at radius 3 is 1.78 bits per heavy atom. The Labute approximate surface area is 162 Å². The van der Waals surface area contributed by atoms with Gasteiger partial charge in [0.25, 0.3) is 0 Å². The van der Waals surface area contributed by atoms with Gasteiger partial charge in [-0.2, -0.15) is 0 Å². The summed E-state index contributed by atoms with van der Waals surface area (Å²) in [6, 6.07) is 16.2. The van der Waals surface area contributed by atoms with Gasteiger partial charge >= 0.3 is 0 Å². The first-order valence-electron chi connectivity index (χ1n) is 9.59. The second-order valence-corrected chi connectivity index (χ2v) is 6.71. The summed E-state index contributed by atoms with van der Waals surface area (Å²) >= 11 is 0. The molecule has 0 amide bonds. The highest BCUT2D eigenvalue weighted by Gasteiger charge is 2.22. The lowest BCUT2D eigenvalue weighted by Crippen LogP contribution is -2.21. The first-order chi connectivity index (χ1) is 13.1. The van der Waals surface area contributed by atoms with Gasteiger partial charge in [-0.05, 0) is 74.2 Å². The van der Waals surface area contributed by atoms with Crippen LogP contribution in [-0.2, 0) is 4.79 Å². The summed E-state index contributed by atoms with van der Waals surface area (Å²) in [4.78, 5) is 15.0. The number of nitrogens with zero attached hydrogens (tertiary/aromatic N) is 1. The number of ether oxygens (including phenoxy) is 1. The molecule has 0 heterocycles. The van der Waals surface area contributed by atoms with E-state index in [1.807, 2.05) is 36.4 Å². The fraction of sp³-hybridized carbons (Fsp3) is 0.292. The van der Waals surface area contributed by atoms with E-state index < -0.39 is 0 Å². The van der Waals surface area contributed by atoms with E-state index in [0.717, 1.165) is 54.0 Å². The molecule has 27 heavy (non-hydrogen) atoms. The normalized spacial score (nSPS) is 16.9. The Morgan fingerprint density at radius 2 is 1.33 bits per heavy atom. The van der Waals surface area contributed by atoms with Crippen molar-refractivity contribution >= 4 is 23.6 Å². The van der Waals surface area contributed by atoms with E-state index in [9.17, 15) is 4.79 Å².